The van der Waals surface area contributed by atoms with E-state index in [1.807, 2.05) is 26.8 Å². The van der Waals surface area contributed by atoms with Crippen LogP contribution in [0.2, 0.25) is 0 Å². The normalized spacial score (nSPS) is 15.3. The fraction of sp³-hybridized carbons (Fsp3) is 0.471. The summed E-state index contributed by atoms with van der Waals surface area (Å²) in [6, 6.07) is 6.22. The van der Waals surface area contributed by atoms with Crippen LogP contribution in [0.4, 0.5) is 0 Å². The first-order chi connectivity index (χ1) is 9.50. The Morgan fingerprint density at radius 1 is 1.35 bits per heavy atom. The van der Waals surface area contributed by atoms with Crippen molar-refractivity contribution in [1.29, 1.82) is 0 Å². The van der Waals surface area contributed by atoms with Crippen LogP contribution in [0.5, 0.6) is 5.75 Å². The smallest absolute Gasteiger partial charge is 0.219 e. The van der Waals surface area contributed by atoms with Gasteiger partial charge < -0.3 is 10.1 Å². The summed E-state index contributed by atoms with van der Waals surface area (Å²) in [6.45, 7) is 6.79. The molecule has 0 fully saturated rings. The van der Waals surface area contributed by atoms with Gasteiger partial charge in [0.05, 0.1) is 0 Å². The monoisotopic (exact) mass is 273 g/mol. The van der Waals surface area contributed by atoms with Crippen LogP contribution in [0.3, 0.4) is 0 Å². The molecule has 2 rings (SSSR count). The van der Waals surface area contributed by atoms with Gasteiger partial charge in [0.2, 0.25) is 5.91 Å². The maximum atomic E-state index is 11.4. The highest BCUT2D eigenvalue weighted by Crippen LogP contribution is 2.31. The molecule has 20 heavy (non-hydrogen) atoms. The van der Waals surface area contributed by atoms with E-state index in [0.717, 1.165) is 24.2 Å². The summed E-state index contributed by atoms with van der Waals surface area (Å²) in [7, 11) is 0. The molecule has 0 aliphatic carbocycles. The van der Waals surface area contributed by atoms with Gasteiger partial charge in [-0.05, 0) is 50.5 Å². The van der Waals surface area contributed by atoms with Crippen LogP contribution in [0.1, 0.15) is 44.7 Å². The fourth-order valence-electron chi connectivity index (χ4n) is 2.25. The molecule has 1 N–H and O–H groups in total. The molecule has 0 aromatic heterocycles. The number of ether oxygens (including phenoxy) is 1. The first-order valence-corrected chi connectivity index (χ1v) is 7.28. The summed E-state index contributed by atoms with van der Waals surface area (Å²) < 4.78 is 5.89. The SMILES string of the molecule is CCCC(=O)NCCc1ccc2c(c1)C=CC(C)(C)O2. The molecule has 1 amide bonds. The first-order valence-electron chi connectivity index (χ1n) is 7.28. The zero-order valence-electron chi connectivity index (χ0n) is 12.5. The van der Waals surface area contributed by atoms with Crippen LogP contribution < -0.4 is 10.1 Å². The maximum absolute atomic E-state index is 11.4. The van der Waals surface area contributed by atoms with Crippen molar-refractivity contribution in [2.24, 2.45) is 0 Å². The minimum Gasteiger partial charge on any atom is -0.483 e. The Hall–Kier alpha value is -1.77. The fourth-order valence-corrected chi connectivity index (χ4v) is 2.25. The molecular formula is C17H23NO2. The van der Waals surface area contributed by atoms with Crippen molar-refractivity contribution in [2.45, 2.75) is 45.6 Å². The Balaban J connectivity index is 1.94. The standard InChI is InChI=1S/C17H23NO2/c1-4-5-16(19)18-11-9-13-6-7-15-14(12-13)8-10-17(2,3)20-15/h6-8,10,12H,4-5,9,11H2,1-3H3,(H,18,19). The lowest BCUT2D eigenvalue weighted by Gasteiger charge is -2.28. The summed E-state index contributed by atoms with van der Waals surface area (Å²) >= 11 is 0. The molecule has 1 aromatic carbocycles. The average molecular weight is 273 g/mol. The van der Waals surface area contributed by atoms with E-state index in [1.54, 1.807) is 0 Å². The molecule has 0 radical (unpaired) electrons. The third-order valence-corrected chi connectivity index (χ3v) is 3.32. The van der Waals surface area contributed by atoms with Crippen LogP contribution >= 0.6 is 0 Å². The van der Waals surface area contributed by atoms with Crippen molar-refractivity contribution in [1.82, 2.24) is 5.32 Å². The Morgan fingerprint density at radius 3 is 2.90 bits per heavy atom. The maximum Gasteiger partial charge on any atom is 0.219 e. The van der Waals surface area contributed by atoms with Crippen molar-refractivity contribution >= 4 is 12.0 Å². The third-order valence-electron chi connectivity index (χ3n) is 3.32. The van der Waals surface area contributed by atoms with Gasteiger partial charge in [-0.1, -0.05) is 19.1 Å². The Morgan fingerprint density at radius 2 is 2.15 bits per heavy atom. The van der Waals surface area contributed by atoms with Crippen LogP contribution in [0.25, 0.3) is 6.08 Å². The van der Waals surface area contributed by atoms with Gasteiger partial charge in [0.25, 0.3) is 0 Å². The van der Waals surface area contributed by atoms with E-state index in [2.05, 4.69) is 29.6 Å². The van der Waals surface area contributed by atoms with E-state index < -0.39 is 0 Å². The summed E-state index contributed by atoms with van der Waals surface area (Å²) in [5.41, 5.74) is 2.10. The average Bonchev–Trinajstić information content (AvgIpc) is 2.38. The zero-order chi connectivity index (χ0) is 14.6. The minimum atomic E-state index is -0.233. The van der Waals surface area contributed by atoms with Gasteiger partial charge in [0.15, 0.2) is 0 Å². The van der Waals surface area contributed by atoms with Gasteiger partial charge in [-0.3, -0.25) is 4.79 Å². The molecule has 1 aliphatic rings. The van der Waals surface area contributed by atoms with Crippen molar-refractivity contribution in [3.8, 4) is 5.75 Å². The highest BCUT2D eigenvalue weighted by molar-refractivity contribution is 5.75. The van der Waals surface area contributed by atoms with Gasteiger partial charge >= 0.3 is 0 Å². The molecule has 1 aromatic rings. The topological polar surface area (TPSA) is 38.3 Å². The van der Waals surface area contributed by atoms with E-state index >= 15 is 0 Å². The van der Waals surface area contributed by atoms with Crippen LogP contribution in [0.15, 0.2) is 24.3 Å². The number of carbonyl (C=O) groups excluding carboxylic acids is 1. The second-order valence-corrected chi connectivity index (χ2v) is 5.76. The molecule has 108 valence electrons. The van der Waals surface area contributed by atoms with E-state index in [-0.39, 0.29) is 11.5 Å². The molecule has 0 atom stereocenters. The third kappa shape index (κ3) is 3.86. The lowest BCUT2D eigenvalue weighted by atomic mass is 10.00. The highest BCUT2D eigenvalue weighted by atomic mass is 16.5. The van der Waals surface area contributed by atoms with E-state index in [9.17, 15) is 4.79 Å². The van der Waals surface area contributed by atoms with Gasteiger partial charge in [-0.2, -0.15) is 0 Å². The van der Waals surface area contributed by atoms with Crippen molar-refractivity contribution < 1.29 is 9.53 Å². The van der Waals surface area contributed by atoms with Gasteiger partial charge in [-0.15, -0.1) is 0 Å². The number of carbonyl (C=O) groups is 1. The second-order valence-electron chi connectivity index (χ2n) is 5.76. The van der Waals surface area contributed by atoms with Gasteiger partial charge in [0.1, 0.15) is 11.4 Å². The van der Waals surface area contributed by atoms with Gasteiger partial charge in [0, 0.05) is 18.5 Å². The predicted molar refractivity (Wildman–Crippen MR) is 81.8 cm³/mol. The number of fused-ring (bicyclic) bond motifs is 1. The first kappa shape index (κ1) is 14.6. The number of nitrogens with one attached hydrogen (secondary N) is 1. The summed E-state index contributed by atoms with van der Waals surface area (Å²) in [5.74, 6) is 1.06. The number of amides is 1. The van der Waals surface area contributed by atoms with Crippen molar-refractivity contribution in [3.05, 3.63) is 35.4 Å². The largest absolute Gasteiger partial charge is 0.483 e. The minimum absolute atomic E-state index is 0.135. The molecule has 3 heteroatoms. The number of benzene rings is 1. The van der Waals surface area contributed by atoms with E-state index in [4.69, 9.17) is 4.74 Å². The van der Waals surface area contributed by atoms with Gasteiger partial charge in [-0.25, -0.2) is 0 Å². The summed E-state index contributed by atoms with van der Waals surface area (Å²) in [5, 5.41) is 2.94. The zero-order valence-corrected chi connectivity index (χ0v) is 12.5. The Labute approximate surface area is 121 Å². The predicted octanol–water partition coefficient (Wildman–Crippen LogP) is 3.33. The summed E-state index contributed by atoms with van der Waals surface area (Å²) in [4.78, 5) is 11.4. The Kier molecular flexibility index (Phi) is 4.48. The number of hydrogen-bond donors (Lipinski definition) is 1. The van der Waals surface area contributed by atoms with Crippen LogP contribution in [-0.4, -0.2) is 18.1 Å². The van der Waals surface area contributed by atoms with Crippen LogP contribution in [-0.2, 0) is 11.2 Å². The molecule has 0 saturated carbocycles. The molecule has 0 spiro atoms. The van der Waals surface area contributed by atoms with E-state index in [1.165, 1.54) is 5.56 Å². The second kappa shape index (κ2) is 6.12. The molecule has 0 bridgehead atoms. The summed E-state index contributed by atoms with van der Waals surface area (Å²) in [6.07, 6.45) is 6.53. The highest BCUT2D eigenvalue weighted by Gasteiger charge is 2.21. The number of hydrogen-bond acceptors (Lipinski definition) is 2. The quantitative estimate of drug-likeness (QED) is 0.893. The van der Waals surface area contributed by atoms with Crippen molar-refractivity contribution in [3.63, 3.8) is 0 Å². The molecule has 0 unspecified atom stereocenters. The van der Waals surface area contributed by atoms with Crippen LogP contribution in [0, 0.1) is 0 Å². The molecule has 1 aliphatic heterocycles. The van der Waals surface area contributed by atoms with E-state index in [0.29, 0.717) is 13.0 Å². The lowest BCUT2D eigenvalue weighted by Crippen LogP contribution is -2.27. The number of rotatable bonds is 5. The molecular weight excluding hydrogens is 250 g/mol. The molecule has 1 heterocycles. The molecule has 0 saturated heterocycles. The Bertz CT molecular complexity index is 518. The van der Waals surface area contributed by atoms with Crippen molar-refractivity contribution in [2.75, 3.05) is 6.54 Å². The lowest BCUT2D eigenvalue weighted by molar-refractivity contribution is -0.121. The molecule has 3 nitrogen and oxygen atoms in total.